The minimum atomic E-state index is -0.558. The number of para-hydroxylation sites is 1. The number of nitrogens with zero attached hydrogens (tertiary/aromatic N) is 4. The first-order valence-electron chi connectivity index (χ1n) is 7.31. The molecule has 0 aliphatic heterocycles. The van der Waals surface area contributed by atoms with Crippen molar-refractivity contribution < 1.29 is 9.72 Å². The molecule has 0 saturated heterocycles. The van der Waals surface area contributed by atoms with Crippen LogP contribution in [0, 0.1) is 10.1 Å². The number of carbonyl (C=O) groups excluding carboxylic acids is 1. The zero-order valence-electron chi connectivity index (χ0n) is 12.9. The lowest BCUT2D eigenvalue weighted by atomic mass is 10.2. The Morgan fingerprint density at radius 2 is 2.00 bits per heavy atom. The third-order valence-corrected chi connectivity index (χ3v) is 3.32. The molecule has 0 fully saturated rings. The number of nitro groups is 1. The van der Waals surface area contributed by atoms with Crippen LogP contribution in [-0.4, -0.2) is 26.8 Å². The lowest BCUT2D eigenvalue weighted by Gasteiger charge is -1.99. The highest BCUT2D eigenvalue weighted by Crippen LogP contribution is 2.12. The molecule has 0 aliphatic rings. The van der Waals surface area contributed by atoms with Crippen LogP contribution in [0.4, 0.5) is 5.69 Å². The Labute approximate surface area is 142 Å². The number of non-ortho nitro benzene ring substituents is 1. The van der Waals surface area contributed by atoms with E-state index in [4.69, 9.17) is 0 Å². The molecule has 8 nitrogen and oxygen atoms in total. The second-order valence-electron chi connectivity index (χ2n) is 5.06. The van der Waals surface area contributed by atoms with Crippen molar-refractivity contribution in [2.45, 2.75) is 0 Å². The fourth-order valence-corrected chi connectivity index (χ4v) is 2.12. The van der Waals surface area contributed by atoms with Crippen molar-refractivity contribution in [1.82, 2.24) is 15.2 Å². The Balaban J connectivity index is 1.65. The molecule has 8 heteroatoms. The summed E-state index contributed by atoms with van der Waals surface area (Å²) < 4.78 is 1.68. The largest absolute Gasteiger partial charge is 0.271 e. The van der Waals surface area contributed by atoms with Gasteiger partial charge >= 0.3 is 0 Å². The number of aromatic nitrogens is 2. The van der Waals surface area contributed by atoms with Gasteiger partial charge in [-0.05, 0) is 18.2 Å². The van der Waals surface area contributed by atoms with Gasteiger partial charge in [-0.25, -0.2) is 10.1 Å². The summed E-state index contributed by atoms with van der Waals surface area (Å²) in [6.45, 7) is 0. The second-order valence-corrected chi connectivity index (χ2v) is 5.06. The number of hydrogen-bond donors (Lipinski definition) is 1. The van der Waals surface area contributed by atoms with E-state index in [0.29, 0.717) is 5.56 Å². The Morgan fingerprint density at radius 1 is 1.20 bits per heavy atom. The molecule has 3 aromatic rings. The Kier molecular flexibility index (Phi) is 4.61. The van der Waals surface area contributed by atoms with Gasteiger partial charge < -0.3 is 0 Å². The van der Waals surface area contributed by atoms with Crippen molar-refractivity contribution in [2.24, 2.45) is 5.10 Å². The van der Waals surface area contributed by atoms with E-state index in [9.17, 15) is 14.9 Å². The summed E-state index contributed by atoms with van der Waals surface area (Å²) in [7, 11) is 0. The van der Waals surface area contributed by atoms with Gasteiger partial charge in [-0.15, -0.1) is 0 Å². The normalized spacial score (nSPS) is 10.7. The first-order chi connectivity index (χ1) is 12.1. The third-order valence-electron chi connectivity index (χ3n) is 3.32. The maximum atomic E-state index is 12.0. The van der Waals surface area contributed by atoms with Gasteiger partial charge in [0.2, 0.25) is 0 Å². The fraction of sp³-hybridized carbons (Fsp3) is 0. The quantitative estimate of drug-likeness (QED) is 0.439. The minimum Gasteiger partial charge on any atom is -0.267 e. The molecule has 0 spiro atoms. The van der Waals surface area contributed by atoms with Crippen molar-refractivity contribution >= 4 is 17.8 Å². The summed E-state index contributed by atoms with van der Waals surface area (Å²) in [5.74, 6) is -0.532. The Hall–Kier alpha value is -3.81. The van der Waals surface area contributed by atoms with Gasteiger partial charge in [0.1, 0.15) is 0 Å². The molecule has 0 radical (unpaired) electrons. The van der Waals surface area contributed by atoms with Crippen molar-refractivity contribution in [1.29, 1.82) is 0 Å². The van der Waals surface area contributed by atoms with Gasteiger partial charge in [0, 0.05) is 29.5 Å². The first-order valence-corrected chi connectivity index (χ1v) is 7.31. The van der Waals surface area contributed by atoms with Crippen LogP contribution in [0.15, 0.2) is 72.1 Å². The van der Waals surface area contributed by atoms with Crippen molar-refractivity contribution in [3.8, 4) is 5.69 Å². The molecule has 2 aromatic carbocycles. The SMILES string of the molecule is O=C(N/N=C\c1cnn(-c2ccccc2)c1)c1cccc([N+](=O)[O-])c1. The predicted molar refractivity (Wildman–Crippen MR) is 91.7 cm³/mol. The van der Waals surface area contributed by atoms with Gasteiger partial charge in [-0.3, -0.25) is 14.9 Å². The summed E-state index contributed by atoms with van der Waals surface area (Å²) in [5, 5.41) is 18.8. The lowest BCUT2D eigenvalue weighted by Crippen LogP contribution is -2.17. The molecule has 0 unspecified atom stereocenters. The summed E-state index contributed by atoms with van der Waals surface area (Å²) >= 11 is 0. The van der Waals surface area contributed by atoms with Crippen LogP contribution in [0.2, 0.25) is 0 Å². The lowest BCUT2D eigenvalue weighted by molar-refractivity contribution is -0.384. The number of rotatable bonds is 5. The number of nitro benzene ring substituents is 1. The molecule has 25 heavy (non-hydrogen) atoms. The molecule has 0 bridgehead atoms. The highest BCUT2D eigenvalue weighted by atomic mass is 16.6. The van der Waals surface area contributed by atoms with Crippen LogP contribution >= 0.6 is 0 Å². The van der Waals surface area contributed by atoms with E-state index in [0.717, 1.165) is 5.69 Å². The van der Waals surface area contributed by atoms with E-state index in [1.165, 1.54) is 30.5 Å². The average molecular weight is 335 g/mol. The first kappa shape index (κ1) is 16.1. The van der Waals surface area contributed by atoms with Gasteiger partial charge in [0.05, 0.1) is 23.0 Å². The summed E-state index contributed by atoms with van der Waals surface area (Å²) in [6.07, 6.45) is 4.82. The number of hydrogen-bond acceptors (Lipinski definition) is 5. The molecule has 0 aliphatic carbocycles. The molecular formula is C17H13N5O3. The van der Waals surface area contributed by atoms with Crippen molar-refractivity contribution in [3.63, 3.8) is 0 Å². The molecule has 124 valence electrons. The van der Waals surface area contributed by atoms with Crippen LogP contribution in [-0.2, 0) is 0 Å². The van der Waals surface area contributed by atoms with E-state index in [-0.39, 0.29) is 11.3 Å². The van der Waals surface area contributed by atoms with E-state index in [1.807, 2.05) is 30.3 Å². The fourth-order valence-electron chi connectivity index (χ4n) is 2.12. The molecule has 0 atom stereocenters. The highest BCUT2D eigenvalue weighted by Gasteiger charge is 2.10. The van der Waals surface area contributed by atoms with E-state index >= 15 is 0 Å². The molecular weight excluding hydrogens is 322 g/mol. The molecule has 1 heterocycles. The van der Waals surface area contributed by atoms with E-state index < -0.39 is 10.8 Å². The maximum Gasteiger partial charge on any atom is 0.271 e. The smallest absolute Gasteiger partial charge is 0.267 e. The number of hydrazone groups is 1. The Bertz CT molecular complexity index is 934. The van der Waals surface area contributed by atoms with Crippen LogP contribution in [0.25, 0.3) is 5.69 Å². The monoisotopic (exact) mass is 335 g/mol. The Morgan fingerprint density at radius 3 is 2.76 bits per heavy atom. The van der Waals surface area contributed by atoms with Gasteiger partial charge in [0.15, 0.2) is 0 Å². The maximum absolute atomic E-state index is 12.0. The molecule has 0 saturated carbocycles. The molecule has 1 amide bonds. The van der Waals surface area contributed by atoms with Crippen molar-refractivity contribution in [2.75, 3.05) is 0 Å². The number of amides is 1. The minimum absolute atomic E-state index is 0.152. The standard InChI is InChI=1S/C17H13N5O3/c23-17(14-5-4-8-16(9-14)22(24)25)20-18-10-13-11-19-21(12-13)15-6-2-1-3-7-15/h1-12H,(H,20,23)/b18-10-. The van der Waals surface area contributed by atoms with E-state index in [2.05, 4.69) is 15.6 Å². The predicted octanol–water partition coefficient (Wildman–Crippen LogP) is 2.54. The molecule has 1 aromatic heterocycles. The molecule has 1 N–H and O–H groups in total. The highest BCUT2D eigenvalue weighted by molar-refractivity contribution is 5.95. The van der Waals surface area contributed by atoms with Gasteiger partial charge in [-0.2, -0.15) is 10.2 Å². The average Bonchev–Trinajstić information content (AvgIpc) is 3.11. The number of nitrogens with one attached hydrogen (secondary N) is 1. The molecule has 3 rings (SSSR count). The van der Waals surface area contributed by atoms with Crippen LogP contribution in [0.1, 0.15) is 15.9 Å². The van der Waals surface area contributed by atoms with Crippen LogP contribution in [0.3, 0.4) is 0 Å². The number of carbonyl (C=O) groups is 1. The zero-order valence-corrected chi connectivity index (χ0v) is 12.9. The van der Waals surface area contributed by atoms with Crippen LogP contribution < -0.4 is 5.43 Å². The summed E-state index contributed by atoms with van der Waals surface area (Å²) in [4.78, 5) is 22.1. The summed E-state index contributed by atoms with van der Waals surface area (Å²) in [5.41, 5.74) is 3.94. The zero-order chi connectivity index (χ0) is 17.6. The topological polar surface area (TPSA) is 102 Å². The van der Waals surface area contributed by atoms with Gasteiger partial charge in [-0.1, -0.05) is 24.3 Å². The second kappa shape index (κ2) is 7.18. The van der Waals surface area contributed by atoms with Crippen LogP contribution in [0.5, 0.6) is 0 Å². The summed E-state index contributed by atoms with van der Waals surface area (Å²) in [6, 6.07) is 15.0. The van der Waals surface area contributed by atoms with E-state index in [1.54, 1.807) is 17.1 Å². The van der Waals surface area contributed by atoms with Gasteiger partial charge in [0.25, 0.3) is 11.6 Å². The van der Waals surface area contributed by atoms with Crippen molar-refractivity contribution in [3.05, 3.63) is 88.2 Å². The third kappa shape index (κ3) is 3.94. The number of benzene rings is 2.